The van der Waals surface area contributed by atoms with Crippen molar-refractivity contribution in [2.24, 2.45) is 5.92 Å². The van der Waals surface area contributed by atoms with Gasteiger partial charge in [-0.05, 0) is 67.5 Å². The lowest BCUT2D eigenvalue weighted by Crippen LogP contribution is -2.41. The summed E-state index contributed by atoms with van der Waals surface area (Å²) < 4.78 is 0. The van der Waals surface area contributed by atoms with Gasteiger partial charge in [-0.1, -0.05) is 30.3 Å². The molecular weight excluding hydrogens is 412 g/mol. The fourth-order valence-corrected chi connectivity index (χ4v) is 4.12. The molecule has 1 aliphatic carbocycles. The van der Waals surface area contributed by atoms with E-state index in [2.05, 4.69) is 10.6 Å². The number of carbonyl (C=O) groups is 1. The molecule has 2 aliphatic rings. The Bertz CT molecular complexity index is 1080. The monoisotopic (exact) mass is 446 g/mol. The maximum Gasteiger partial charge on any atom is 0.219 e. The van der Waals surface area contributed by atoms with Crippen LogP contribution in [-0.4, -0.2) is 41.4 Å². The molecule has 174 valence electrons. The summed E-state index contributed by atoms with van der Waals surface area (Å²) in [6.07, 6.45) is 3.29. The van der Waals surface area contributed by atoms with E-state index in [1.165, 1.54) is 12.8 Å². The summed E-state index contributed by atoms with van der Waals surface area (Å²) >= 11 is 0. The molecule has 1 aliphatic heterocycles. The Morgan fingerprint density at radius 2 is 1.85 bits per heavy atom. The Morgan fingerprint density at radius 1 is 1.15 bits per heavy atom. The van der Waals surface area contributed by atoms with Gasteiger partial charge < -0.3 is 20.6 Å². The number of amidine groups is 1. The van der Waals surface area contributed by atoms with Crippen LogP contribution in [0.1, 0.15) is 45.6 Å². The van der Waals surface area contributed by atoms with Crippen LogP contribution in [0.15, 0.2) is 59.8 Å². The van der Waals surface area contributed by atoms with Gasteiger partial charge >= 0.3 is 0 Å². The van der Waals surface area contributed by atoms with Crippen molar-refractivity contribution in [3.63, 3.8) is 0 Å². The lowest BCUT2D eigenvalue weighted by atomic mass is 9.94. The maximum atomic E-state index is 12.0. The minimum atomic E-state index is -0.909. The highest BCUT2D eigenvalue weighted by Crippen LogP contribution is 2.30. The normalized spacial score (nSPS) is 16.5. The first-order chi connectivity index (χ1) is 15.7. The van der Waals surface area contributed by atoms with Crippen LogP contribution in [0.4, 0.5) is 5.69 Å². The lowest BCUT2D eigenvalue weighted by Gasteiger charge is -2.31. The van der Waals surface area contributed by atoms with Crippen molar-refractivity contribution in [2.75, 3.05) is 25.0 Å². The van der Waals surface area contributed by atoms with Gasteiger partial charge in [0.1, 0.15) is 5.84 Å². The van der Waals surface area contributed by atoms with Gasteiger partial charge in [0.15, 0.2) is 0 Å². The number of amides is 1. The summed E-state index contributed by atoms with van der Waals surface area (Å²) in [5.74, 6) is 1.10. The third-order valence-corrected chi connectivity index (χ3v) is 6.43. The molecule has 1 fully saturated rings. The van der Waals surface area contributed by atoms with Crippen molar-refractivity contribution in [1.82, 2.24) is 10.2 Å². The average Bonchev–Trinajstić information content (AvgIpc) is 3.62. The Balaban J connectivity index is 1.55. The summed E-state index contributed by atoms with van der Waals surface area (Å²) in [5.41, 5.74) is 4.71. The van der Waals surface area contributed by atoms with Crippen molar-refractivity contribution in [3.8, 4) is 11.1 Å². The SMILES string of the molecule is CC(=O)N1CCC(NCC2CC2)=C(C(=N)Nc2cccc(-c3cccc(C(C)(C)O)c3)c2)C1. The zero-order valence-corrected chi connectivity index (χ0v) is 19.7. The molecule has 33 heavy (non-hydrogen) atoms. The molecule has 6 heteroatoms. The van der Waals surface area contributed by atoms with Crippen LogP contribution in [0.3, 0.4) is 0 Å². The van der Waals surface area contributed by atoms with E-state index < -0.39 is 5.60 Å². The molecule has 0 saturated heterocycles. The molecule has 2 aromatic rings. The number of nitrogens with zero attached hydrogens (tertiary/aromatic N) is 1. The van der Waals surface area contributed by atoms with Crippen molar-refractivity contribution in [1.29, 1.82) is 5.41 Å². The molecule has 1 heterocycles. The second-order valence-corrected chi connectivity index (χ2v) is 9.69. The molecule has 0 radical (unpaired) electrons. The van der Waals surface area contributed by atoms with Crippen LogP contribution in [0, 0.1) is 11.3 Å². The Morgan fingerprint density at radius 3 is 2.52 bits per heavy atom. The highest BCUT2D eigenvalue weighted by Gasteiger charge is 2.26. The first kappa shape index (κ1) is 23.1. The number of anilines is 1. The first-order valence-electron chi connectivity index (χ1n) is 11.7. The number of hydrogen-bond acceptors (Lipinski definition) is 4. The van der Waals surface area contributed by atoms with E-state index in [4.69, 9.17) is 5.41 Å². The van der Waals surface area contributed by atoms with Crippen LogP contribution in [-0.2, 0) is 10.4 Å². The number of nitrogens with one attached hydrogen (secondary N) is 3. The fraction of sp³-hybridized carbons (Fsp3) is 0.407. The van der Waals surface area contributed by atoms with E-state index in [1.807, 2.05) is 48.5 Å². The van der Waals surface area contributed by atoms with Gasteiger partial charge in [-0.2, -0.15) is 0 Å². The molecule has 2 aromatic carbocycles. The van der Waals surface area contributed by atoms with E-state index in [9.17, 15) is 9.90 Å². The highest BCUT2D eigenvalue weighted by atomic mass is 16.3. The maximum absolute atomic E-state index is 12.0. The van der Waals surface area contributed by atoms with E-state index in [0.29, 0.717) is 18.9 Å². The highest BCUT2D eigenvalue weighted by molar-refractivity contribution is 6.07. The van der Waals surface area contributed by atoms with Crippen molar-refractivity contribution >= 4 is 17.4 Å². The summed E-state index contributed by atoms with van der Waals surface area (Å²) in [6.45, 7) is 7.22. The average molecular weight is 447 g/mol. The van der Waals surface area contributed by atoms with Gasteiger partial charge in [-0.15, -0.1) is 0 Å². The smallest absolute Gasteiger partial charge is 0.219 e. The van der Waals surface area contributed by atoms with E-state index >= 15 is 0 Å². The predicted octanol–water partition coefficient (Wildman–Crippen LogP) is 4.48. The summed E-state index contributed by atoms with van der Waals surface area (Å²) in [6, 6.07) is 15.8. The Hall–Kier alpha value is -3.12. The predicted molar refractivity (Wildman–Crippen MR) is 133 cm³/mol. The molecular formula is C27H34N4O2. The zero-order chi connectivity index (χ0) is 23.6. The van der Waals surface area contributed by atoms with Crippen molar-refractivity contribution in [2.45, 2.75) is 45.6 Å². The summed E-state index contributed by atoms with van der Waals surface area (Å²) in [5, 5.41) is 26.0. The van der Waals surface area contributed by atoms with Gasteiger partial charge in [0.05, 0.1) is 12.1 Å². The molecule has 0 spiro atoms. The molecule has 0 bridgehead atoms. The van der Waals surface area contributed by atoms with Crippen molar-refractivity contribution < 1.29 is 9.90 Å². The molecule has 1 amide bonds. The number of carbonyl (C=O) groups excluding carboxylic acids is 1. The molecule has 0 atom stereocenters. The van der Waals surface area contributed by atoms with Crippen LogP contribution >= 0.6 is 0 Å². The quantitative estimate of drug-likeness (QED) is 0.373. The molecule has 4 N–H and O–H groups in total. The van der Waals surface area contributed by atoms with E-state index in [0.717, 1.165) is 52.5 Å². The van der Waals surface area contributed by atoms with Gasteiger partial charge in [0.25, 0.3) is 0 Å². The summed E-state index contributed by atoms with van der Waals surface area (Å²) in [7, 11) is 0. The fourth-order valence-electron chi connectivity index (χ4n) is 4.12. The van der Waals surface area contributed by atoms with E-state index in [-0.39, 0.29) is 5.91 Å². The third kappa shape index (κ3) is 5.82. The van der Waals surface area contributed by atoms with Crippen LogP contribution in [0.25, 0.3) is 11.1 Å². The number of aliphatic hydroxyl groups is 1. The Labute approximate surface area is 196 Å². The minimum absolute atomic E-state index is 0.0372. The molecule has 0 unspecified atom stereocenters. The summed E-state index contributed by atoms with van der Waals surface area (Å²) in [4.78, 5) is 13.8. The third-order valence-electron chi connectivity index (χ3n) is 6.43. The lowest BCUT2D eigenvalue weighted by molar-refractivity contribution is -0.128. The zero-order valence-electron chi connectivity index (χ0n) is 19.7. The van der Waals surface area contributed by atoms with Gasteiger partial charge in [0.2, 0.25) is 5.91 Å². The number of hydrogen-bond donors (Lipinski definition) is 4. The second-order valence-electron chi connectivity index (χ2n) is 9.69. The molecule has 0 aromatic heterocycles. The van der Waals surface area contributed by atoms with Gasteiger partial charge in [-0.3, -0.25) is 10.2 Å². The van der Waals surface area contributed by atoms with E-state index in [1.54, 1.807) is 25.7 Å². The van der Waals surface area contributed by atoms with Crippen molar-refractivity contribution in [3.05, 3.63) is 65.4 Å². The molecule has 1 saturated carbocycles. The number of benzene rings is 2. The van der Waals surface area contributed by atoms with Crippen LogP contribution in [0.2, 0.25) is 0 Å². The molecule has 6 nitrogen and oxygen atoms in total. The van der Waals surface area contributed by atoms with Crippen LogP contribution in [0.5, 0.6) is 0 Å². The first-order valence-corrected chi connectivity index (χ1v) is 11.7. The second kappa shape index (κ2) is 9.40. The number of rotatable bonds is 7. The molecule has 4 rings (SSSR count). The largest absolute Gasteiger partial charge is 0.388 e. The minimum Gasteiger partial charge on any atom is -0.388 e. The van der Waals surface area contributed by atoms with Gasteiger partial charge in [0, 0.05) is 43.4 Å². The van der Waals surface area contributed by atoms with Crippen LogP contribution < -0.4 is 10.6 Å². The Kier molecular flexibility index (Phi) is 6.56. The topological polar surface area (TPSA) is 88.5 Å². The van der Waals surface area contributed by atoms with Gasteiger partial charge in [-0.25, -0.2) is 0 Å². The standard InChI is InChI=1S/C27H34N4O2/c1-18(32)31-13-12-25(29-16-19-10-11-19)24(17-31)26(28)30-23-9-5-7-21(15-23)20-6-4-8-22(14-20)27(2,3)33/h4-9,14-15,19,29,33H,10-13,16-17H2,1-3H3,(H2,28,30).